The summed E-state index contributed by atoms with van der Waals surface area (Å²) in [5, 5.41) is 3.28. The van der Waals surface area contributed by atoms with Crippen molar-refractivity contribution in [1.29, 1.82) is 0 Å². The van der Waals surface area contributed by atoms with Crippen molar-refractivity contribution >= 4 is 0 Å². The quantitative estimate of drug-likeness (QED) is 0.602. The van der Waals surface area contributed by atoms with Crippen LogP contribution in [0.4, 0.5) is 0 Å². The van der Waals surface area contributed by atoms with Crippen molar-refractivity contribution in [2.45, 2.75) is 13.2 Å². The van der Waals surface area contributed by atoms with Gasteiger partial charge in [-0.05, 0) is 23.3 Å². The van der Waals surface area contributed by atoms with Gasteiger partial charge in [0.1, 0.15) is 12.4 Å². The van der Waals surface area contributed by atoms with Crippen LogP contribution in [0.25, 0.3) is 0 Å². The number of nitrogens with one attached hydrogen (secondary N) is 1. The molecule has 0 fully saturated rings. The Kier molecular flexibility index (Phi) is 5.20. The molecule has 0 aliphatic heterocycles. The largest absolute Gasteiger partial charge is 0.489 e. The summed E-state index contributed by atoms with van der Waals surface area (Å²) in [7, 11) is 0. The molecule has 0 amide bonds. The molecule has 0 heterocycles. The van der Waals surface area contributed by atoms with Crippen molar-refractivity contribution in [3.05, 3.63) is 78.4 Å². The molecule has 2 heteroatoms. The lowest BCUT2D eigenvalue weighted by Gasteiger charge is -2.08. The van der Waals surface area contributed by atoms with Gasteiger partial charge in [-0.15, -0.1) is 6.58 Å². The van der Waals surface area contributed by atoms with E-state index in [-0.39, 0.29) is 0 Å². The number of hydrogen-bond donors (Lipinski definition) is 1. The van der Waals surface area contributed by atoms with Crippen LogP contribution in [0.1, 0.15) is 11.1 Å². The second kappa shape index (κ2) is 7.39. The lowest BCUT2D eigenvalue weighted by molar-refractivity contribution is 0.306. The standard InChI is InChI=1S/C17H19NO/c1-2-11-18-13-16-9-6-10-17(12-16)19-14-15-7-4-3-5-8-15/h2-10,12,18H,1,11,13-14H2. The normalized spacial score (nSPS) is 10.1. The third-order valence-electron chi connectivity index (χ3n) is 2.76. The summed E-state index contributed by atoms with van der Waals surface area (Å²) in [5.74, 6) is 0.904. The molecule has 2 aromatic rings. The fourth-order valence-electron chi connectivity index (χ4n) is 1.80. The van der Waals surface area contributed by atoms with E-state index < -0.39 is 0 Å². The van der Waals surface area contributed by atoms with Gasteiger partial charge in [0.15, 0.2) is 0 Å². The Morgan fingerprint density at radius 3 is 2.58 bits per heavy atom. The molecule has 0 aliphatic carbocycles. The zero-order valence-electron chi connectivity index (χ0n) is 11.0. The van der Waals surface area contributed by atoms with Crippen molar-refractivity contribution < 1.29 is 4.74 Å². The van der Waals surface area contributed by atoms with Gasteiger partial charge in [0.2, 0.25) is 0 Å². The Labute approximate surface area is 114 Å². The van der Waals surface area contributed by atoms with Gasteiger partial charge in [0, 0.05) is 13.1 Å². The summed E-state index contributed by atoms with van der Waals surface area (Å²) >= 11 is 0. The molecule has 1 N–H and O–H groups in total. The van der Waals surface area contributed by atoms with Crippen LogP contribution < -0.4 is 10.1 Å². The zero-order chi connectivity index (χ0) is 13.3. The van der Waals surface area contributed by atoms with Crippen LogP contribution in [-0.4, -0.2) is 6.54 Å². The van der Waals surface area contributed by atoms with Crippen molar-refractivity contribution in [1.82, 2.24) is 5.32 Å². The van der Waals surface area contributed by atoms with Crippen LogP contribution in [0, 0.1) is 0 Å². The number of ether oxygens (including phenoxy) is 1. The number of rotatable bonds is 7. The first kappa shape index (κ1) is 13.4. The lowest BCUT2D eigenvalue weighted by atomic mass is 10.2. The molecule has 0 saturated heterocycles. The van der Waals surface area contributed by atoms with E-state index in [2.05, 4.69) is 36.2 Å². The van der Waals surface area contributed by atoms with Crippen LogP contribution in [0.15, 0.2) is 67.3 Å². The Morgan fingerprint density at radius 2 is 1.79 bits per heavy atom. The van der Waals surface area contributed by atoms with Crippen LogP contribution in [-0.2, 0) is 13.2 Å². The monoisotopic (exact) mass is 253 g/mol. The molecular formula is C17H19NO. The summed E-state index contributed by atoms with van der Waals surface area (Å²) in [6.07, 6.45) is 1.86. The maximum atomic E-state index is 5.79. The van der Waals surface area contributed by atoms with Gasteiger partial charge in [-0.25, -0.2) is 0 Å². The summed E-state index contributed by atoms with van der Waals surface area (Å²) in [6, 6.07) is 18.3. The van der Waals surface area contributed by atoms with Crippen LogP contribution >= 0.6 is 0 Å². The Hall–Kier alpha value is -2.06. The number of benzene rings is 2. The average Bonchev–Trinajstić information content (AvgIpc) is 2.47. The third-order valence-corrected chi connectivity index (χ3v) is 2.76. The second-order valence-electron chi connectivity index (χ2n) is 4.34. The van der Waals surface area contributed by atoms with Gasteiger partial charge in [0.05, 0.1) is 0 Å². The molecule has 0 atom stereocenters. The molecular weight excluding hydrogens is 234 g/mol. The van der Waals surface area contributed by atoms with E-state index in [0.717, 1.165) is 18.8 Å². The number of hydrogen-bond acceptors (Lipinski definition) is 2. The predicted molar refractivity (Wildman–Crippen MR) is 79.1 cm³/mol. The summed E-state index contributed by atoms with van der Waals surface area (Å²) in [4.78, 5) is 0. The smallest absolute Gasteiger partial charge is 0.120 e. The lowest BCUT2D eigenvalue weighted by Crippen LogP contribution is -2.12. The van der Waals surface area contributed by atoms with E-state index in [9.17, 15) is 0 Å². The Bertz CT molecular complexity index is 508. The Balaban J connectivity index is 1.89. The van der Waals surface area contributed by atoms with Gasteiger partial charge in [-0.2, -0.15) is 0 Å². The molecule has 0 radical (unpaired) electrons. The van der Waals surface area contributed by atoms with E-state index in [1.807, 2.05) is 36.4 Å². The molecule has 98 valence electrons. The zero-order valence-corrected chi connectivity index (χ0v) is 11.0. The van der Waals surface area contributed by atoms with Crippen molar-refractivity contribution in [3.63, 3.8) is 0 Å². The van der Waals surface area contributed by atoms with Crippen molar-refractivity contribution in [2.75, 3.05) is 6.54 Å². The highest BCUT2D eigenvalue weighted by atomic mass is 16.5. The maximum Gasteiger partial charge on any atom is 0.120 e. The van der Waals surface area contributed by atoms with Crippen molar-refractivity contribution in [2.24, 2.45) is 0 Å². The van der Waals surface area contributed by atoms with Gasteiger partial charge in [-0.1, -0.05) is 48.5 Å². The molecule has 0 aliphatic rings. The molecule has 19 heavy (non-hydrogen) atoms. The maximum absolute atomic E-state index is 5.79. The second-order valence-corrected chi connectivity index (χ2v) is 4.34. The highest BCUT2D eigenvalue weighted by molar-refractivity contribution is 5.29. The van der Waals surface area contributed by atoms with Gasteiger partial charge in [0.25, 0.3) is 0 Å². The van der Waals surface area contributed by atoms with E-state index in [1.165, 1.54) is 11.1 Å². The SMILES string of the molecule is C=CCNCc1cccc(OCc2ccccc2)c1. The summed E-state index contributed by atoms with van der Waals surface area (Å²) in [6.45, 7) is 5.93. The van der Waals surface area contributed by atoms with Gasteiger partial charge in [-0.3, -0.25) is 0 Å². The minimum absolute atomic E-state index is 0.602. The molecule has 2 nitrogen and oxygen atoms in total. The average molecular weight is 253 g/mol. The van der Waals surface area contributed by atoms with E-state index in [4.69, 9.17) is 4.74 Å². The van der Waals surface area contributed by atoms with E-state index >= 15 is 0 Å². The predicted octanol–water partition coefficient (Wildman–Crippen LogP) is 3.54. The molecule has 2 rings (SSSR count). The van der Waals surface area contributed by atoms with Crippen LogP contribution in [0.5, 0.6) is 5.75 Å². The van der Waals surface area contributed by atoms with Crippen LogP contribution in [0.3, 0.4) is 0 Å². The fourth-order valence-corrected chi connectivity index (χ4v) is 1.80. The van der Waals surface area contributed by atoms with E-state index in [1.54, 1.807) is 0 Å². The molecule has 0 saturated carbocycles. The highest BCUT2D eigenvalue weighted by Gasteiger charge is 1.97. The van der Waals surface area contributed by atoms with E-state index in [0.29, 0.717) is 6.61 Å². The molecule has 2 aromatic carbocycles. The molecule has 0 spiro atoms. The summed E-state index contributed by atoms with van der Waals surface area (Å²) < 4.78 is 5.79. The van der Waals surface area contributed by atoms with Crippen molar-refractivity contribution in [3.8, 4) is 5.75 Å². The summed E-state index contributed by atoms with van der Waals surface area (Å²) in [5.41, 5.74) is 2.39. The van der Waals surface area contributed by atoms with Gasteiger partial charge < -0.3 is 10.1 Å². The topological polar surface area (TPSA) is 21.3 Å². The van der Waals surface area contributed by atoms with Gasteiger partial charge >= 0.3 is 0 Å². The minimum atomic E-state index is 0.602. The van der Waals surface area contributed by atoms with Crippen LogP contribution in [0.2, 0.25) is 0 Å². The third kappa shape index (κ3) is 4.60. The minimum Gasteiger partial charge on any atom is -0.489 e. The molecule has 0 aromatic heterocycles. The molecule has 0 unspecified atom stereocenters. The fraction of sp³-hybridized carbons (Fsp3) is 0.176. The Morgan fingerprint density at radius 1 is 1.00 bits per heavy atom. The first-order chi connectivity index (χ1) is 9.38. The first-order valence-corrected chi connectivity index (χ1v) is 6.46. The first-order valence-electron chi connectivity index (χ1n) is 6.46. The molecule has 0 bridgehead atoms. The highest BCUT2D eigenvalue weighted by Crippen LogP contribution is 2.15.